The average molecular weight is 287 g/mol. The number of nitrogens with two attached hydrogens (primary N) is 1. The molecule has 0 aliphatic carbocycles. The van der Waals surface area contributed by atoms with Gasteiger partial charge in [0.25, 0.3) is 5.91 Å². The maximum Gasteiger partial charge on any atom is 0.254 e. The van der Waals surface area contributed by atoms with E-state index in [4.69, 9.17) is 5.73 Å². The molecule has 19 heavy (non-hydrogen) atoms. The minimum absolute atomic E-state index is 0. The first-order valence-electron chi connectivity index (χ1n) is 6.40. The maximum atomic E-state index is 13.1. The highest BCUT2D eigenvalue weighted by Gasteiger charge is 2.27. The summed E-state index contributed by atoms with van der Waals surface area (Å²) in [6.45, 7) is 3.00. The largest absolute Gasteiger partial charge is 0.334 e. The molecular weight excluding hydrogens is 267 g/mol. The summed E-state index contributed by atoms with van der Waals surface area (Å²) in [7, 11) is 0. The van der Waals surface area contributed by atoms with Crippen molar-refractivity contribution in [2.75, 3.05) is 13.1 Å². The second-order valence-corrected chi connectivity index (χ2v) is 4.84. The van der Waals surface area contributed by atoms with Crippen LogP contribution in [0.25, 0.3) is 0 Å². The highest BCUT2D eigenvalue weighted by Crippen LogP contribution is 2.20. The Morgan fingerprint density at radius 1 is 1.47 bits per heavy atom. The van der Waals surface area contributed by atoms with Crippen LogP contribution in [0.2, 0.25) is 0 Å². The van der Waals surface area contributed by atoms with Crippen molar-refractivity contribution in [2.45, 2.75) is 32.2 Å². The Morgan fingerprint density at radius 2 is 2.21 bits per heavy atom. The lowest BCUT2D eigenvalue weighted by Gasteiger charge is -2.35. The number of halogens is 2. The molecule has 106 valence electrons. The van der Waals surface area contributed by atoms with Gasteiger partial charge in [-0.05, 0) is 49.9 Å². The summed E-state index contributed by atoms with van der Waals surface area (Å²) in [5, 5.41) is 0. The first-order chi connectivity index (χ1) is 8.63. The topological polar surface area (TPSA) is 46.3 Å². The molecule has 3 nitrogen and oxygen atoms in total. The highest BCUT2D eigenvalue weighted by molar-refractivity contribution is 5.95. The van der Waals surface area contributed by atoms with Gasteiger partial charge in [0, 0.05) is 24.7 Å². The molecule has 1 aromatic carbocycles. The smallest absolute Gasteiger partial charge is 0.254 e. The van der Waals surface area contributed by atoms with Gasteiger partial charge in [0.15, 0.2) is 0 Å². The van der Waals surface area contributed by atoms with E-state index < -0.39 is 0 Å². The van der Waals surface area contributed by atoms with Gasteiger partial charge in [-0.25, -0.2) is 4.39 Å². The van der Waals surface area contributed by atoms with E-state index in [0.717, 1.165) is 25.8 Å². The zero-order valence-corrected chi connectivity index (χ0v) is 11.9. The Bertz CT molecular complexity index is 453. The molecule has 0 bridgehead atoms. The lowest BCUT2D eigenvalue weighted by Crippen LogP contribution is -2.47. The number of carbonyl (C=O) groups excluding carboxylic acids is 1. The summed E-state index contributed by atoms with van der Waals surface area (Å²) < 4.78 is 13.1. The second-order valence-electron chi connectivity index (χ2n) is 4.84. The van der Waals surface area contributed by atoms with Gasteiger partial charge in [-0.15, -0.1) is 12.4 Å². The minimum Gasteiger partial charge on any atom is -0.334 e. The normalized spacial score (nSPS) is 18.9. The number of nitrogens with zero attached hydrogens (tertiary/aromatic N) is 1. The standard InChI is InChI=1S/C14H19FN2O.ClH/c1-10-8-11(15)5-6-13(10)14(18)17-7-3-2-4-12(17)9-16;/h5-6,8,12H,2-4,7,9,16H2,1H3;1H. The summed E-state index contributed by atoms with van der Waals surface area (Å²) in [4.78, 5) is 14.3. The van der Waals surface area contributed by atoms with Crippen molar-refractivity contribution in [2.24, 2.45) is 5.73 Å². The van der Waals surface area contributed by atoms with Crippen molar-refractivity contribution in [3.63, 3.8) is 0 Å². The molecule has 2 N–H and O–H groups in total. The third kappa shape index (κ3) is 3.45. The third-order valence-corrected chi connectivity index (χ3v) is 3.58. The monoisotopic (exact) mass is 286 g/mol. The van der Waals surface area contributed by atoms with E-state index in [1.807, 2.05) is 4.90 Å². The van der Waals surface area contributed by atoms with Crippen LogP contribution >= 0.6 is 12.4 Å². The lowest BCUT2D eigenvalue weighted by molar-refractivity contribution is 0.0622. The van der Waals surface area contributed by atoms with Gasteiger partial charge in [0.2, 0.25) is 0 Å². The van der Waals surface area contributed by atoms with E-state index in [1.165, 1.54) is 12.1 Å². The van der Waals surface area contributed by atoms with Crippen molar-refractivity contribution >= 4 is 18.3 Å². The highest BCUT2D eigenvalue weighted by atomic mass is 35.5. The summed E-state index contributed by atoms with van der Waals surface area (Å²) in [5.41, 5.74) is 6.98. The van der Waals surface area contributed by atoms with Crippen LogP contribution in [0, 0.1) is 12.7 Å². The number of likely N-dealkylation sites (tertiary alicyclic amines) is 1. The Kier molecular flexibility index (Phi) is 5.76. The summed E-state index contributed by atoms with van der Waals surface area (Å²) >= 11 is 0. The number of rotatable bonds is 2. The van der Waals surface area contributed by atoms with E-state index in [2.05, 4.69) is 0 Å². The van der Waals surface area contributed by atoms with Crippen LogP contribution in [0.4, 0.5) is 4.39 Å². The fraction of sp³-hybridized carbons (Fsp3) is 0.500. The fourth-order valence-electron chi connectivity index (χ4n) is 2.53. The molecule has 1 aliphatic heterocycles. The van der Waals surface area contributed by atoms with Gasteiger partial charge >= 0.3 is 0 Å². The van der Waals surface area contributed by atoms with E-state index in [1.54, 1.807) is 13.0 Å². The predicted molar refractivity (Wildman–Crippen MR) is 76.1 cm³/mol. The van der Waals surface area contributed by atoms with Crippen LogP contribution in [-0.4, -0.2) is 29.9 Å². The van der Waals surface area contributed by atoms with E-state index in [-0.39, 0.29) is 30.2 Å². The number of amides is 1. The average Bonchev–Trinajstić information content (AvgIpc) is 2.38. The molecule has 1 atom stereocenters. The Balaban J connectivity index is 0.00000180. The number of carbonyl (C=O) groups is 1. The van der Waals surface area contributed by atoms with Gasteiger partial charge in [0.1, 0.15) is 5.82 Å². The third-order valence-electron chi connectivity index (χ3n) is 3.58. The molecule has 1 saturated heterocycles. The number of piperidine rings is 1. The van der Waals surface area contributed by atoms with Gasteiger partial charge < -0.3 is 10.6 Å². The van der Waals surface area contributed by atoms with Crippen LogP contribution in [0.5, 0.6) is 0 Å². The molecule has 0 spiro atoms. The van der Waals surface area contributed by atoms with E-state index in [9.17, 15) is 9.18 Å². The van der Waals surface area contributed by atoms with E-state index >= 15 is 0 Å². The van der Waals surface area contributed by atoms with Gasteiger partial charge in [0.05, 0.1) is 0 Å². The molecule has 0 aromatic heterocycles. The molecule has 5 heteroatoms. The minimum atomic E-state index is -0.307. The molecule has 0 saturated carbocycles. The zero-order valence-electron chi connectivity index (χ0n) is 11.1. The van der Waals surface area contributed by atoms with Crippen LogP contribution in [0.15, 0.2) is 18.2 Å². The summed E-state index contributed by atoms with van der Waals surface area (Å²) in [6.07, 6.45) is 3.10. The van der Waals surface area contributed by atoms with Gasteiger partial charge in [-0.1, -0.05) is 0 Å². The first kappa shape index (κ1) is 15.9. The summed E-state index contributed by atoms with van der Waals surface area (Å²) in [6, 6.07) is 4.42. The Hall–Kier alpha value is -1.13. The number of hydrogen-bond acceptors (Lipinski definition) is 2. The van der Waals surface area contributed by atoms with Crippen LogP contribution in [-0.2, 0) is 0 Å². The molecule has 0 radical (unpaired) electrons. The molecule has 1 fully saturated rings. The van der Waals surface area contributed by atoms with Crippen molar-refractivity contribution in [1.29, 1.82) is 0 Å². The molecular formula is C14H20ClFN2O. The quantitative estimate of drug-likeness (QED) is 0.908. The van der Waals surface area contributed by atoms with E-state index in [0.29, 0.717) is 17.7 Å². The fourth-order valence-corrected chi connectivity index (χ4v) is 2.53. The van der Waals surface area contributed by atoms with Crippen LogP contribution in [0.1, 0.15) is 35.2 Å². The Labute approximate surface area is 119 Å². The molecule has 1 heterocycles. The van der Waals surface area contributed by atoms with Gasteiger partial charge in [-0.3, -0.25) is 4.79 Å². The van der Waals surface area contributed by atoms with Crippen LogP contribution in [0.3, 0.4) is 0 Å². The SMILES string of the molecule is Cc1cc(F)ccc1C(=O)N1CCCCC1CN.Cl. The lowest BCUT2D eigenvalue weighted by atomic mass is 9.99. The number of hydrogen-bond donors (Lipinski definition) is 1. The van der Waals surface area contributed by atoms with Crippen molar-refractivity contribution in [3.8, 4) is 0 Å². The van der Waals surface area contributed by atoms with Crippen LogP contribution < -0.4 is 5.73 Å². The first-order valence-corrected chi connectivity index (χ1v) is 6.40. The predicted octanol–water partition coefficient (Wildman–Crippen LogP) is 2.51. The molecule has 1 unspecified atom stereocenters. The zero-order chi connectivity index (χ0) is 13.1. The molecule has 2 rings (SSSR count). The van der Waals surface area contributed by atoms with Gasteiger partial charge in [-0.2, -0.15) is 0 Å². The Morgan fingerprint density at radius 3 is 2.84 bits per heavy atom. The molecule has 1 aromatic rings. The number of aryl methyl sites for hydroxylation is 1. The second kappa shape index (κ2) is 6.87. The molecule has 1 aliphatic rings. The van der Waals surface area contributed by atoms with Crippen molar-refractivity contribution < 1.29 is 9.18 Å². The van der Waals surface area contributed by atoms with Crippen molar-refractivity contribution in [3.05, 3.63) is 35.1 Å². The maximum absolute atomic E-state index is 13.1. The number of benzene rings is 1. The molecule has 1 amide bonds. The van der Waals surface area contributed by atoms with Crippen molar-refractivity contribution in [1.82, 2.24) is 4.90 Å². The summed E-state index contributed by atoms with van der Waals surface area (Å²) in [5.74, 6) is -0.333.